The van der Waals surface area contributed by atoms with Gasteiger partial charge < -0.3 is 21.9 Å². The Balaban J connectivity index is 0. The van der Waals surface area contributed by atoms with E-state index in [4.69, 9.17) is 0 Å². The van der Waals surface area contributed by atoms with Gasteiger partial charge in [0, 0.05) is 0 Å². The molecule has 37 valence electrons. The molecule has 0 aliphatic rings. The van der Waals surface area contributed by atoms with E-state index in [1.165, 1.54) is 0 Å². The SMILES string of the molecule is [Mg+2].[Mn+2].[OH-].[OH-].[OH-].[OH-]. The van der Waals surface area contributed by atoms with Gasteiger partial charge in [-0.15, -0.1) is 0 Å². The fraction of sp³-hybridized carbons (Fsp3) is 0. The zero-order chi connectivity index (χ0) is 0. The molecule has 0 aromatic rings. The van der Waals surface area contributed by atoms with Crippen molar-refractivity contribution in [2.75, 3.05) is 0 Å². The molecule has 1 radical (unpaired) electrons. The molecule has 0 bridgehead atoms. The third-order valence-corrected chi connectivity index (χ3v) is 0. The average Bonchev–Trinajstić information content (AvgIpc) is 0. The Morgan fingerprint density at radius 2 is 0.500 bits per heavy atom. The summed E-state index contributed by atoms with van der Waals surface area (Å²) in [6.07, 6.45) is 0. The van der Waals surface area contributed by atoms with Crippen LogP contribution in [0.5, 0.6) is 0 Å². The van der Waals surface area contributed by atoms with Crippen LogP contribution in [0.15, 0.2) is 0 Å². The van der Waals surface area contributed by atoms with Crippen LogP contribution in [0.4, 0.5) is 0 Å². The fourth-order valence-corrected chi connectivity index (χ4v) is 0. The first-order valence-corrected chi connectivity index (χ1v) is 0. The van der Waals surface area contributed by atoms with Gasteiger partial charge in [0.05, 0.1) is 0 Å². The monoisotopic (exact) mass is 147 g/mol. The molecule has 0 atom stereocenters. The fourth-order valence-electron chi connectivity index (χ4n) is 0. The van der Waals surface area contributed by atoms with Crippen molar-refractivity contribution in [1.82, 2.24) is 0 Å². The van der Waals surface area contributed by atoms with Crippen LogP contribution in [0.1, 0.15) is 0 Å². The average molecular weight is 147 g/mol. The number of hydrogen-bond donors (Lipinski definition) is 0. The van der Waals surface area contributed by atoms with Crippen LogP contribution in [0.25, 0.3) is 0 Å². The molecule has 0 unspecified atom stereocenters. The first-order valence-electron chi connectivity index (χ1n) is 0. The first-order chi connectivity index (χ1) is 0. The first kappa shape index (κ1) is 211. The molecule has 0 aliphatic carbocycles. The molecule has 0 aromatic heterocycles. The van der Waals surface area contributed by atoms with Gasteiger partial charge in [-0.1, -0.05) is 0 Å². The maximum Gasteiger partial charge on any atom is 2.00 e. The van der Waals surface area contributed by atoms with E-state index in [-0.39, 0.29) is 62.0 Å². The summed E-state index contributed by atoms with van der Waals surface area (Å²) in [6, 6.07) is 0. The summed E-state index contributed by atoms with van der Waals surface area (Å²) >= 11 is 0. The van der Waals surface area contributed by atoms with Gasteiger partial charge in [0.25, 0.3) is 0 Å². The van der Waals surface area contributed by atoms with Gasteiger partial charge in [-0.2, -0.15) is 0 Å². The van der Waals surface area contributed by atoms with E-state index in [9.17, 15) is 0 Å². The standard InChI is InChI=1S/Mg.Mn.4H2O/h;;4*1H2/q2*+2;;;;/p-4. The third kappa shape index (κ3) is 68.8. The van der Waals surface area contributed by atoms with Crippen molar-refractivity contribution in [2.24, 2.45) is 0 Å². The maximum absolute atomic E-state index is 0. The Bertz CT molecular complexity index is 7.51. The van der Waals surface area contributed by atoms with Crippen molar-refractivity contribution in [3.63, 3.8) is 0 Å². The molecule has 4 nitrogen and oxygen atoms in total. The van der Waals surface area contributed by atoms with Crippen molar-refractivity contribution in [3.8, 4) is 0 Å². The van der Waals surface area contributed by atoms with Gasteiger partial charge in [0.1, 0.15) is 0 Å². The molecule has 6 heavy (non-hydrogen) atoms. The van der Waals surface area contributed by atoms with Crippen LogP contribution in [-0.4, -0.2) is 45.0 Å². The van der Waals surface area contributed by atoms with Crippen LogP contribution in [-0.2, 0) is 17.1 Å². The second kappa shape index (κ2) is 127. The summed E-state index contributed by atoms with van der Waals surface area (Å²) < 4.78 is 0. The summed E-state index contributed by atoms with van der Waals surface area (Å²) in [4.78, 5) is 0. The van der Waals surface area contributed by atoms with E-state index in [0.29, 0.717) is 0 Å². The van der Waals surface area contributed by atoms with Gasteiger partial charge in [-0.3, -0.25) is 0 Å². The molecular weight excluding hydrogens is 143 g/mol. The summed E-state index contributed by atoms with van der Waals surface area (Å²) in [5, 5.41) is 0. The Morgan fingerprint density at radius 3 is 0.500 bits per heavy atom. The summed E-state index contributed by atoms with van der Waals surface area (Å²) in [5.41, 5.74) is 0. The van der Waals surface area contributed by atoms with Crippen LogP contribution in [0, 0.1) is 0 Å². The molecule has 0 saturated heterocycles. The predicted molar refractivity (Wildman–Crippen MR) is 13.5 cm³/mol. The van der Waals surface area contributed by atoms with Crippen molar-refractivity contribution >= 4 is 23.1 Å². The topological polar surface area (TPSA) is 120 Å². The maximum atomic E-state index is 0. The van der Waals surface area contributed by atoms with Crippen molar-refractivity contribution in [3.05, 3.63) is 0 Å². The molecular formula is H4MgMnO4. The van der Waals surface area contributed by atoms with Crippen molar-refractivity contribution in [2.45, 2.75) is 0 Å². The largest absolute Gasteiger partial charge is 2.00 e. The molecule has 0 heterocycles. The van der Waals surface area contributed by atoms with E-state index in [2.05, 4.69) is 0 Å². The Morgan fingerprint density at radius 1 is 0.500 bits per heavy atom. The molecule has 0 rings (SSSR count). The molecule has 0 fully saturated rings. The van der Waals surface area contributed by atoms with Crippen LogP contribution < -0.4 is 0 Å². The van der Waals surface area contributed by atoms with Crippen LogP contribution in [0.3, 0.4) is 0 Å². The zero-order valence-corrected chi connectivity index (χ0v) is 5.47. The number of rotatable bonds is 0. The van der Waals surface area contributed by atoms with E-state index >= 15 is 0 Å². The van der Waals surface area contributed by atoms with Crippen LogP contribution >= 0.6 is 0 Å². The van der Waals surface area contributed by atoms with Crippen molar-refractivity contribution < 1.29 is 39.0 Å². The van der Waals surface area contributed by atoms with Gasteiger partial charge >= 0.3 is 40.1 Å². The Hall–Kier alpha value is 1.13. The molecule has 0 aliphatic heterocycles. The molecule has 0 saturated carbocycles. The van der Waals surface area contributed by atoms with Gasteiger partial charge in [-0.05, 0) is 0 Å². The van der Waals surface area contributed by atoms with E-state index in [1.54, 1.807) is 0 Å². The minimum atomic E-state index is 0. The van der Waals surface area contributed by atoms with Crippen LogP contribution in [0.2, 0.25) is 0 Å². The van der Waals surface area contributed by atoms with Gasteiger partial charge in [0.15, 0.2) is 0 Å². The molecule has 0 spiro atoms. The molecule has 4 N–H and O–H groups in total. The predicted octanol–water partition coefficient (Wildman–Crippen LogP) is -1.09. The molecule has 0 aromatic carbocycles. The van der Waals surface area contributed by atoms with Crippen molar-refractivity contribution in [1.29, 1.82) is 0 Å². The second-order valence-electron chi connectivity index (χ2n) is 0. The minimum Gasteiger partial charge on any atom is -0.870 e. The van der Waals surface area contributed by atoms with E-state index in [0.717, 1.165) is 0 Å². The van der Waals surface area contributed by atoms with Gasteiger partial charge in [0.2, 0.25) is 0 Å². The molecule has 6 heteroatoms. The molecule has 0 amide bonds. The zero-order valence-electron chi connectivity index (χ0n) is 2.87. The smallest absolute Gasteiger partial charge is 0.870 e. The Kier molecular flexibility index (Phi) is 4470. The minimum absolute atomic E-state index is 0. The summed E-state index contributed by atoms with van der Waals surface area (Å²) in [6.45, 7) is 0. The van der Waals surface area contributed by atoms with E-state index in [1.807, 2.05) is 0 Å². The quantitative estimate of drug-likeness (QED) is 0.404. The normalized spacial score (nSPS) is 0. The van der Waals surface area contributed by atoms with Gasteiger partial charge in [-0.25, -0.2) is 0 Å². The summed E-state index contributed by atoms with van der Waals surface area (Å²) in [5.74, 6) is 0. The Labute approximate surface area is 62.2 Å². The third-order valence-electron chi connectivity index (χ3n) is 0. The summed E-state index contributed by atoms with van der Waals surface area (Å²) in [7, 11) is 0. The number of hydrogen-bond acceptors (Lipinski definition) is 4. The second-order valence-corrected chi connectivity index (χ2v) is 0. The van der Waals surface area contributed by atoms with E-state index < -0.39 is 0 Å².